The van der Waals surface area contributed by atoms with Crippen LogP contribution in [0.1, 0.15) is 19.3 Å². The van der Waals surface area contributed by atoms with E-state index in [1.807, 2.05) is 12.1 Å². The zero-order valence-corrected chi connectivity index (χ0v) is 9.19. The second-order valence-corrected chi connectivity index (χ2v) is 3.90. The summed E-state index contributed by atoms with van der Waals surface area (Å²) >= 11 is 0. The summed E-state index contributed by atoms with van der Waals surface area (Å²) in [4.78, 5) is 0. The van der Waals surface area contributed by atoms with Crippen LogP contribution in [-0.2, 0) is 6.54 Å². The SMILES string of the molecule is N#CCCCCn1ccc2c(N)cccc21. The average molecular weight is 213 g/mol. The number of nitriles is 1. The van der Waals surface area contributed by atoms with Crippen LogP contribution in [0.15, 0.2) is 30.5 Å². The Kier molecular flexibility index (Phi) is 3.11. The topological polar surface area (TPSA) is 54.7 Å². The summed E-state index contributed by atoms with van der Waals surface area (Å²) in [6.07, 6.45) is 4.69. The van der Waals surface area contributed by atoms with Crippen LogP contribution in [0.3, 0.4) is 0 Å². The average Bonchev–Trinajstić information content (AvgIpc) is 2.70. The number of benzene rings is 1. The van der Waals surface area contributed by atoms with Crippen LogP contribution in [0.25, 0.3) is 10.9 Å². The van der Waals surface area contributed by atoms with E-state index in [2.05, 4.69) is 29.0 Å². The fourth-order valence-corrected chi connectivity index (χ4v) is 1.93. The third-order valence-corrected chi connectivity index (χ3v) is 2.79. The summed E-state index contributed by atoms with van der Waals surface area (Å²) in [6.45, 7) is 0.953. The molecule has 2 N–H and O–H groups in total. The molecule has 16 heavy (non-hydrogen) atoms. The standard InChI is InChI=1S/C13H15N3/c14-8-2-1-3-9-16-10-7-11-12(15)5-4-6-13(11)16/h4-7,10H,1-3,9,15H2. The summed E-state index contributed by atoms with van der Waals surface area (Å²) in [5, 5.41) is 9.57. The summed E-state index contributed by atoms with van der Waals surface area (Å²) < 4.78 is 2.20. The zero-order chi connectivity index (χ0) is 11.4. The van der Waals surface area contributed by atoms with Gasteiger partial charge < -0.3 is 10.3 Å². The van der Waals surface area contributed by atoms with Crippen LogP contribution in [-0.4, -0.2) is 4.57 Å². The van der Waals surface area contributed by atoms with Gasteiger partial charge in [0.2, 0.25) is 0 Å². The summed E-state index contributed by atoms with van der Waals surface area (Å²) in [6, 6.07) is 10.2. The monoisotopic (exact) mass is 213 g/mol. The molecule has 3 nitrogen and oxygen atoms in total. The first-order chi connectivity index (χ1) is 7.83. The molecule has 2 aromatic rings. The Balaban J connectivity index is 2.14. The molecule has 0 atom stereocenters. The molecule has 1 aromatic carbocycles. The number of nitrogens with zero attached hydrogens (tertiary/aromatic N) is 2. The molecule has 0 unspecified atom stereocenters. The highest BCUT2D eigenvalue weighted by Gasteiger charge is 2.02. The number of aryl methyl sites for hydroxylation is 1. The van der Waals surface area contributed by atoms with Gasteiger partial charge in [-0.3, -0.25) is 0 Å². The van der Waals surface area contributed by atoms with E-state index in [0.717, 1.165) is 30.5 Å². The molecule has 2 rings (SSSR count). The van der Waals surface area contributed by atoms with Crippen LogP contribution < -0.4 is 5.73 Å². The summed E-state index contributed by atoms with van der Waals surface area (Å²) in [5.41, 5.74) is 7.89. The Hall–Kier alpha value is -1.95. The number of hydrogen-bond acceptors (Lipinski definition) is 2. The van der Waals surface area contributed by atoms with Crippen molar-refractivity contribution in [1.29, 1.82) is 5.26 Å². The van der Waals surface area contributed by atoms with Gasteiger partial charge in [-0.2, -0.15) is 5.26 Å². The van der Waals surface area contributed by atoms with Crippen LogP contribution in [0, 0.1) is 11.3 Å². The van der Waals surface area contributed by atoms with Gasteiger partial charge in [-0.05, 0) is 31.0 Å². The number of nitrogen functional groups attached to an aromatic ring is 1. The Labute approximate surface area is 95.1 Å². The van der Waals surface area contributed by atoms with Crippen LogP contribution in [0.5, 0.6) is 0 Å². The van der Waals surface area contributed by atoms with Crippen LogP contribution >= 0.6 is 0 Å². The number of hydrogen-bond donors (Lipinski definition) is 1. The fraction of sp³-hybridized carbons (Fsp3) is 0.308. The van der Waals surface area contributed by atoms with Crippen molar-refractivity contribution in [2.24, 2.45) is 0 Å². The molecule has 1 aromatic heterocycles. The fourth-order valence-electron chi connectivity index (χ4n) is 1.93. The largest absolute Gasteiger partial charge is 0.398 e. The molecule has 0 aliphatic rings. The lowest BCUT2D eigenvalue weighted by Crippen LogP contribution is -1.96. The molecule has 0 aliphatic heterocycles. The van der Waals surface area contributed by atoms with E-state index < -0.39 is 0 Å². The molecule has 0 saturated carbocycles. The minimum Gasteiger partial charge on any atom is -0.398 e. The summed E-state index contributed by atoms with van der Waals surface area (Å²) in [5.74, 6) is 0. The maximum atomic E-state index is 8.46. The number of fused-ring (bicyclic) bond motifs is 1. The first kappa shape index (κ1) is 10.6. The maximum absolute atomic E-state index is 8.46. The van der Waals surface area contributed by atoms with Crippen molar-refractivity contribution in [1.82, 2.24) is 4.57 Å². The number of rotatable bonds is 4. The number of unbranched alkanes of at least 4 members (excludes halogenated alkanes) is 2. The predicted molar refractivity (Wildman–Crippen MR) is 65.8 cm³/mol. The molecule has 0 saturated heterocycles. The van der Waals surface area contributed by atoms with Crippen molar-refractivity contribution in [3.05, 3.63) is 30.5 Å². The molecular formula is C13H15N3. The number of anilines is 1. The van der Waals surface area contributed by atoms with Gasteiger partial charge in [0, 0.05) is 30.2 Å². The Bertz CT molecular complexity index is 519. The van der Waals surface area contributed by atoms with Crippen molar-refractivity contribution in [3.63, 3.8) is 0 Å². The quantitative estimate of drug-likeness (QED) is 0.627. The summed E-state index contributed by atoms with van der Waals surface area (Å²) in [7, 11) is 0. The second kappa shape index (κ2) is 4.71. The highest BCUT2D eigenvalue weighted by atomic mass is 14.9. The van der Waals surface area contributed by atoms with Gasteiger partial charge in [0.25, 0.3) is 0 Å². The normalized spacial score (nSPS) is 10.4. The van der Waals surface area contributed by atoms with Crippen molar-refractivity contribution >= 4 is 16.6 Å². The molecule has 3 heteroatoms. The van der Waals surface area contributed by atoms with E-state index in [1.165, 1.54) is 5.52 Å². The smallest absolute Gasteiger partial charge is 0.0621 e. The van der Waals surface area contributed by atoms with Gasteiger partial charge in [0.15, 0.2) is 0 Å². The van der Waals surface area contributed by atoms with Crippen molar-refractivity contribution in [3.8, 4) is 6.07 Å². The van der Waals surface area contributed by atoms with Gasteiger partial charge >= 0.3 is 0 Å². The highest BCUT2D eigenvalue weighted by molar-refractivity contribution is 5.91. The number of nitrogens with two attached hydrogens (primary N) is 1. The van der Waals surface area contributed by atoms with E-state index in [0.29, 0.717) is 6.42 Å². The van der Waals surface area contributed by atoms with E-state index in [-0.39, 0.29) is 0 Å². The first-order valence-corrected chi connectivity index (χ1v) is 5.53. The molecule has 0 amide bonds. The molecular weight excluding hydrogens is 198 g/mol. The lowest BCUT2D eigenvalue weighted by atomic mass is 10.2. The van der Waals surface area contributed by atoms with E-state index in [1.54, 1.807) is 0 Å². The number of aromatic nitrogens is 1. The van der Waals surface area contributed by atoms with E-state index in [9.17, 15) is 0 Å². The molecule has 0 radical (unpaired) electrons. The second-order valence-electron chi connectivity index (χ2n) is 3.90. The third-order valence-electron chi connectivity index (χ3n) is 2.79. The minimum atomic E-state index is 0.640. The lowest BCUT2D eigenvalue weighted by Gasteiger charge is -2.04. The van der Waals surface area contributed by atoms with Crippen molar-refractivity contribution in [2.75, 3.05) is 5.73 Å². The molecule has 0 fully saturated rings. The van der Waals surface area contributed by atoms with E-state index >= 15 is 0 Å². The predicted octanol–water partition coefficient (Wildman–Crippen LogP) is 2.92. The minimum absolute atomic E-state index is 0.640. The Morgan fingerprint density at radius 3 is 2.94 bits per heavy atom. The van der Waals surface area contributed by atoms with Gasteiger partial charge in [-0.15, -0.1) is 0 Å². The Morgan fingerprint density at radius 2 is 2.12 bits per heavy atom. The lowest BCUT2D eigenvalue weighted by molar-refractivity contribution is 0.632. The van der Waals surface area contributed by atoms with Crippen LogP contribution in [0.2, 0.25) is 0 Å². The zero-order valence-electron chi connectivity index (χ0n) is 9.19. The Morgan fingerprint density at radius 1 is 1.25 bits per heavy atom. The molecule has 0 bridgehead atoms. The van der Waals surface area contributed by atoms with Crippen molar-refractivity contribution in [2.45, 2.75) is 25.8 Å². The highest BCUT2D eigenvalue weighted by Crippen LogP contribution is 2.22. The van der Waals surface area contributed by atoms with Crippen molar-refractivity contribution < 1.29 is 0 Å². The maximum Gasteiger partial charge on any atom is 0.0621 e. The van der Waals surface area contributed by atoms with Crippen LogP contribution in [0.4, 0.5) is 5.69 Å². The van der Waals surface area contributed by atoms with E-state index in [4.69, 9.17) is 11.0 Å². The van der Waals surface area contributed by atoms with Gasteiger partial charge in [0.1, 0.15) is 0 Å². The van der Waals surface area contributed by atoms with Gasteiger partial charge in [-0.25, -0.2) is 0 Å². The molecule has 1 heterocycles. The third kappa shape index (κ3) is 2.01. The van der Waals surface area contributed by atoms with Gasteiger partial charge in [-0.1, -0.05) is 6.07 Å². The van der Waals surface area contributed by atoms with Gasteiger partial charge in [0.05, 0.1) is 11.6 Å². The first-order valence-electron chi connectivity index (χ1n) is 5.53. The molecule has 0 aliphatic carbocycles. The molecule has 82 valence electrons. The molecule has 0 spiro atoms.